The summed E-state index contributed by atoms with van der Waals surface area (Å²) in [7, 11) is 0. The highest BCUT2D eigenvalue weighted by Crippen LogP contribution is 2.71. The first-order chi connectivity index (χ1) is 10.0. The molecular formula is C17H13F3N. The SMILES string of the molecule is FC(F)(F)[C@]12[N]c3ccccc3[C@@H]1[C@H]2Cc1ccccc1. The summed E-state index contributed by atoms with van der Waals surface area (Å²) in [4.78, 5) is 0. The van der Waals surface area contributed by atoms with E-state index in [-0.39, 0.29) is 0 Å². The molecule has 0 saturated heterocycles. The van der Waals surface area contributed by atoms with E-state index in [1.165, 1.54) is 0 Å². The van der Waals surface area contributed by atoms with Gasteiger partial charge in [0.1, 0.15) is 0 Å². The zero-order valence-corrected chi connectivity index (χ0v) is 11.1. The minimum Gasteiger partial charge on any atom is -0.268 e. The van der Waals surface area contributed by atoms with Gasteiger partial charge in [0, 0.05) is 11.8 Å². The number of halogens is 3. The van der Waals surface area contributed by atoms with Crippen molar-refractivity contribution in [2.45, 2.75) is 24.1 Å². The van der Waals surface area contributed by atoms with E-state index in [4.69, 9.17) is 0 Å². The highest BCUT2D eigenvalue weighted by Gasteiger charge is 2.82. The maximum Gasteiger partial charge on any atom is 0.414 e. The van der Waals surface area contributed by atoms with Gasteiger partial charge in [-0.05, 0) is 23.6 Å². The van der Waals surface area contributed by atoms with Gasteiger partial charge in [-0.3, -0.25) is 5.32 Å². The fourth-order valence-electron chi connectivity index (χ4n) is 3.69. The molecule has 21 heavy (non-hydrogen) atoms. The molecular weight excluding hydrogens is 275 g/mol. The van der Waals surface area contributed by atoms with Crippen LogP contribution in [0, 0.1) is 5.92 Å². The Kier molecular flexibility index (Phi) is 2.44. The average molecular weight is 288 g/mol. The van der Waals surface area contributed by atoms with Gasteiger partial charge in [0.2, 0.25) is 0 Å². The summed E-state index contributed by atoms with van der Waals surface area (Å²) in [6.07, 6.45) is -3.88. The quantitative estimate of drug-likeness (QED) is 0.786. The van der Waals surface area contributed by atoms with E-state index >= 15 is 0 Å². The summed E-state index contributed by atoms with van der Waals surface area (Å²) in [5, 5.41) is 4.08. The number of nitrogens with zero attached hydrogens (tertiary/aromatic N) is 1. The van der Waals surface area contributed by atoms with Crippen molar-refractivity contribution in [1.29, 1.82) is 0 Å². The van der Waals surface area contributed by atoms with Gasteiger partial charge in [-0.25, -0.2) is 0 Å². The van der Waals surface area contributed by atoms with Gasteiger partial charge < -0.3 is 0 Å². The first-order valence-electron chi connectivity index (χ1n) is 6.96. The highest BCUT2D eigenvalue weighted by molar-refractivity contribution is 5.62. The Hall–Kier alpha value is -1.97. The van der Waals surface area contributed by atoms with Gasteiger partial charge in [0.05, 0.1) is 5.69 Å². The van der Waals surface area contributed by atoms with E-state index in [0.717, 1.165) is 11.1 Å². The third kappa shape index (κ3) is 1.65. The standard InChI is InChI=1S/C17H13F3N/c18-17(19,20)16-13(10-11-6-2-1-3-7-11)15(16)12-8-4-5-9-14(12)21-16/h1-9,13,15H,10H2/t13-,15-,16-/m1/s1. The van der Waals surface area contributed by atoms with Crippen molar-refractivity contribution in [2.24, 2.45) is 5.92 Å². The monoisotopic (exact) mass is 288 g/mol. The molecule has 1 radical (unpaired) electrons. The van der Waals surface area contributed by atoms with Crippen LogP contribution in [0.15, 0.2) is 54.6 Å². The Morgan fingerprint density at radius 1 is 0.952 bits per heavy atom. The second-order valence-corrected chi connectivity index (χ2v) is 5.77. The van der Waals surface area contributed by atoms with Crippen molar-refractivity contribution in [1.82, 2.24) is 5.32 Å². The lowest BCUT2D eigenvalue weighted by Crippen LogP contribution is -2.40. The lowest BCUT2D eigenvalue weighted by atomic mass is 10.0. The third-order valence-corrected chi connectivity index (χ3v) is 4.66. The summed E-state index contributed by atoms with van der Waals surface area (Å²) < 4.78 is 40.8. The summed E-state index contributed by atoms with van der Waals surface area (Å²) >= 11 is 0. The van der Waals surface area contributed by atoms with E-state index < -0.39 is 23.6 Å². The van der Waals surface area contributed by atoms with E-state index in [1.54, 1.807) is 24.3 Å². The molecule has 1 heterocycles. The first-order valence-corrected chi connectivity index (χ1v) is 6.96. The minimum atomic E-state index is -4.30. The molecule has 0 aromatic heterocycles. The largest absolute Gasteiger partial charge is 0.414 e. The summed E-state index contributed by atoms with van der Waals surface area (Å²) in [6.45, 7) is 0. The van der Waals surface area contributed by atoms with Gasteiger partial charge in [-0.1, -0.05) is 48.5 Å². The van der Waals surface area contributed by atoms with Gasteiger partial charge in [-0.15, -0.1) is 0 Å². The summed E-state index contributed by atoms with van der Waals surface area (Å²) in [5.41, 5.74) is 0.292. The number of alkyl halides is 3. The van der Waals surface area contributed by atoms with E-state index in [0.29, 0.717) is 12.1 Å². The number of benzene rings is 2. The topological polar surface area (TPSA) is 14.1 Å². The Bertz CT molecular complexity index is 680. The van der Waals surface area contributed by atoms with Crippen LogP contribution in [-0.2, 0) is 6.42 Å². The predicted octanol–water partition coefficient (Wildman–Crippen LogP) is 4.19. The third-order valence-electron chi connectivity index (χ3n) is 4.66. The molecule has 4 rings (SSSR count). The molecule has 4 heteroatoms. The van der Waals surface area contributed by atoms with Gasteiger partial charge in [-0.2, -0.15) is 13.2 Å². The zero-order chi connectivity index (χ0) is 14.7. The van der Waals surface area contributed by atoms with Crippen LogP contribution in [0.3, 0.4) is 0 Å². The molecule has 0 bridgehead atoms. The van der Waals surface area contributed by atoms with Gasteiger partial charge in [0.25, 0.3) is 0 Å². The Morgan fingerprint density at radius 3 is 2.33 bits per heavy atom. The van der Waals surface area contributed by atoms with E-state index in [1.807, 2.05) is 30.3 Å². The molecule has 2 aromatic rings. The molecule has 1 aliphatic carbocycles. The number of hydrogen-bond acceptors (Lipinski definition) is 0. The van der Waals surface area contributed by atoms with Crippen molar-refractivity contribution in [3.05, 3.63) is 65.7 Å². The van der Waals surface area contributed by atoms with Crippen LogP contribution in [0.2, 0.25) is 0 Å². The van der Waals surface area contributed by atoms with Crippen molar-refractivity contribution in [3.63, 3.8) is 0 Å². The Labute approximate surface area is 120 Å². The lowest BCUT2D eigenvalue weighted by Gasteiger charge is -2.19. The fraction of sp³-hybridized carbons (Fsp3) is 0.294. The highest BCUT2D eigenvalue weighted by atomic mass is 19.4. The average Bonchev–Trinajstić information content (AvgIpc) is 2.94. The van der Waals surface area contributed by atoms with E-state index in [2.05, 4.69) is 5.32 Å². The van der Waals surface area contributed by atoms with Crippen molar-refractivity contribution in [3.8, 4) is 0 Å². The number of rotatable bonds is 2. The molecule has 1 fully saturated rings. The molecule has 1 nitrogen and oxygen atoms in total. The van der Waals surface area contributed by atoms with Crippen LogP contribution >= 0.6 is 0 Å². The Morgan fingerprint density at radius 2 is 1.62 bits per heavy atom. The second-order valence-electron chi connectivity index (χ2n) is 5.77. The fourth-order valence-corrected chi connectivity index (χ4v) is 3.69. The Balaban J connectivity index is 1.71. The summed E-state index contributed by atoms with van der Waals surface area (Å²) in [6, 6.07) is 16.3. The van der Waals surface area contributed by atoms with Crippen LogP contribution in [0.4, 0.5) is 18.9 Å². The molecule has 1 saturated carbocycles. The van der Waals surface area contributed by atoms with Crippen LogP contribution < -0.4 is 5.32 Å². The second kappa shape index (κ2) is 4.03. The van der Waals surface area contributed by atoms with E-state index in [9.17, 15) is 13.2 Å². The van der Waals surface area contributed by atoms with Crippen molar-refractivity contribution in [2.75, 3.05) is 0 Å². The predicted molar refractivity (Wildman–Crippen MR) is 73.4 cm³/mol. The molecule has 2 aliphatic rings. The molecule has 0 N–H and O–H groups in total. The van der Waals surface area contributed by atoms with Crippen LogP contribution in [0.5, 0.6) is 0 Å². The molecule has 1 aliphatic heterocycles. The minimum absolute atomic E-state index is 0.419. The lowest BCUT2D eigenvalue weighted by molar-refractivity contribution is -0.167. The normalized spacial score (nSPS) is 29.5. The zero-order valence-electron chi connectivity index (χ0n) is 11.1. The number of fused-ring (bicyclic) bond motifs is 3. The van der Waals surface area contributed by atoms with Crippen LogP contribution in [0.1, 0.15) is 17.0 Å². The maximum atomic E-state index is 13.6. The first kappa shape index (κ1) is 12.7. The molecule has 0 spiro atoms. The number of hydrogen-bond donors (Lipinski definition) is 0. The van der Waals surface area contributed by atoms with Crippen LogP contribution in [-0.4, -0.2) is 11.7 Å². The maximum absolute atomic E-state index is 13.6. The smallest absolute Gasteiger partial charge is 0.268 e. The number of para-hydroxylation sites is 1. The van der Waals surface area contributed by atoms with Crippen LogP contribution in [0.25, 0.3) is 0 Å². The summed E-state index contributed by atoms with van der Waals surface area (Å²) in [5.74, 6) is -0.997. The molecule has 0 unspecified atom stereocenters. The molecule has 0 amide bonds. The van der Waals surface area contributed by atoms with Gasteiger partial charge >= 0.3 is 6.18 Å². The van der Waals surface area contributed by atoms with Crippen molar-refractivity contribution >= 4 is 5.69 Å². The van der Waals surface area contributed by atoms with Crippen molar-refractivity contribution < 1.29 is 13.2 Å². The molecule has 3 atom stereocenters. The van der Waals surface area contributed by atoms with Gasteiger partial charge in [0.15, 0.2) is 5.54 Å². The molecule has 2 aromatic carbocycles. The molecule has 107 valence electrons.